The number of likely N-dealkylation sites (N-methyl/N-ethyl adjacent to an activating group) is 2. The topological polar surface area (TPSA) is 61.4 Å². The molecule has 2 aliphatic rings. The minimum Gasteiger partial charge on any atom is -0.354 e. The van der Waals surface area contributed by atoms with Gasteiger partial charge in [-0.25, -0.2) is 0 Å². The van der Waals surface area contributed by atoms with E-state index in [-0.39, 0.29) is 11.3 Å². The number of nitrogens with zero attached hydrogens (tertiary/aromatic N) is 1. The van der Waals surface area contributed by atoms with E-state index in [9.17, 15) is 9.59 Å². The molecule has 0 aliphatic carbocycles. The molecule has 16 heavy (non-hydrogen) atoms. The number of likely N-dealkylation sites (tertiary alicyclic amines) is 1. The third kappa shape index (κ3) is 1.38. The number of hydrogen-bond acceptors (Lipinski definition) is 4. The van der Waals surface area contributed by atoms with E-state index < -0.39 is 5.54 Å². The Hall–Kier alpha value is -0.940. The smallest absolute Gasteiger partial charge is 0.229 e. The van der Waals surface area contributed by atoms with E-state index in [0.717, 1.165) is 12.8 Å². The van der Waals surface area contributed by atoms with Gasteiger partial charge in [-0.3, -0.25) is 9.69 Å². The maximum atomic E-state index is 11.6. The first-order chi connectivity index (χ1) is 7.62. The number of amides is 1. The molecule has 2 rings (SSSR count). The molecular weight excluding hydrogens is 206 g/mol. The Bertz CT molecular complexity index is 320. The summed E-state index contributed by atoms with van der Waals surface area (Å²) in [6.45, 7) is 4.86. The second-order valence-corrected chi connectivity index (χ2v) is 4.91. The Morgan fingerprint density at radius 1 is 1.62 bits per heavy atom. The molecule has 0 aromatic rings. The van der Waals surface area contributed by atoms with Crippen LogP contribution in [0.3, 0.4) is 0 Å². The second kappa shape index (κ2) is 3.82. The van der Waals surface area contributed by atoms with Crippen LogP contribution >= 0.6 is 0 Å². The first-order valence-electron chi connectivity index (χ1n) is 5.77. The molecule has 2 unspecified atom stereocenters. The van der Waals surface area contributed by atoms with Gasteiger partial charge in [-0.05, 0) is 20.0 Å². The predicted molar refractivity (Wildman–Crippen MR) is 60.0 cm³/mol. The van der Waals surface area contributed by atoms with Crippen LogP contribution in [0.25, 0.3) is 0 Å². The largest absolute Gasteiger partial charge is 0.354 e. The quantitative estimate of drug-likeness (QED) is 0.475. The maximum Gasteiger partial charge on any atom is 0.229 e. The van der Waals surface area contributed by atoms with Crippen LogP contribution in [-0.2, 0) is 9.59 Å². The van der Waals surface area contributed by atoms with Crippen molar-refractivity contribution in [2.75, 3.05) is 33.2 Å². The molecule has 1 spiro atoms. The van der Waals surface area contributed by atoms with Gasteiger partial charge in [-0.2, -0.15) is 0 Å². The molecule has 5 heteroatoms. The Labute approximate surface area is 95.6 Å². The highest BCUT2D eigenvalue weighted by Gasteiger charge is 2.59. The van der Waals surface area contributed by atoms with E-state index in [0.29, 0.717) is 26.1 Å². The summed E-state index contributed by atoms with van der Waals surface area (Å²) in [6.07, 6.45) is 1.65. The van der Waals surface area contributed by atoms with E-state index in [4.69, 9.17) is 0 Å². The average Bonchev–Trinajstić information content (AvgIpc) is 2.65. The van der Waals surface area contributed by atoms with Gasteiger partial charge in [0.15, 0.2) is 0 Å². The summed E-state index contributed by atoms with van der Waals surface area (Å²) < 4.78 is 0. The lowest BCUT2D eigenvalue weighted by Crippen LogP contribution is -2.60. The molecule has 2 heterocycles. The minimum absolute atomic E-state index is 0.103. The fourth-order valence-electron chi connectivity index (χ4n) is 3.02. The van der Waals surface area contributed by atoms with Crippen LogP contribution in [0.1, 0.15) is 13.3 Å². The Morgan fingerprint density at radius 3 is 2.75 bits per heavy atom. The molecule has 2 saturated heterocycles. The summed E-state index contributed by atoms with van der Waals surface area (Å²) in [7, 11) is 1.84. The average molecular weight is 225 g/mol. The summed E-state index contributed by atoms with van der Waals surface area (Å²) in [5, 5.41) is 5.85. The molecule has 1 amide bonds. The van der Waals surface area contributed by atoms with Gasteiger partial charge in [0, 0.05) is 19.6 Å². The van der Waals surface area contributed by atoms with Gasteiger partial charge < -0.3 is 15.4 Å². The zero-order valence-corrected chi connectivity index (χ0v) is 9.88. The molecule has 0 saturated carbocycles. The SMILES string of the molecule is CCN1CC2(CNC2=O)CC1(C=O)CNC. The van der Waals surface area contributed by atoms with E-state index in [1.54, 1.807) is 0 Å². The van der Waals surface area contributed by atoms with Gasteiger partial charge in [-0.1, -0.05) is 6.92 Å². The molecule has 2 aliphatic heterocycles. The second-order valence-electron chi connectivity index (χ2n) is 4.91. The van der Waals surface area contributed by atoms with Crippen LogP contribution in [0.4, 0.5) is 0 Å². The van der Waals surface area contributed by atoms with Crippen molar-refractivity contribution in [3.63, 3.8) is 0 Å². The standard InChI is InChI=1S/C11H19N3O2/c1-3-14-7-10(5-13-9(10)16)4-11(14,8-15)6-12-2/h8,12H,3-7H2,1-2H3,(H,13,16). The molecular formula is C11H19N3O2. The van der Waals surface area contributed by atoms with Gasteiger partial charge in [0.2, 0.25) is 5.91 Å². The molecule has 2 N–H and O–H groups in total. The van der Waals surface area contributed by atoms with E-state index in [1.165, 1.54) is 0 Å². The van der Waals surface area contributed by atoms with Crippen molar-refractivity contribution in [3.05, 3.63) is 0 Å². The van der Waals surface area contributed by atoms with Crippen LogP contribution in [0.2, 0.25) is 0 Å². The summed E-state index contributed by atoms with van der Waals surface area (Å²) in [5.74, 6) is 0.103. The van der Waals surface area contributed by atoms with Crippen molar-refractivity contribution in [2.24, 2.45) is 5.41 Å². The third-order valence-corrected chi connectivity index (χ3v) is 3.92. The normalized spacial score (nSPS) is 38.5. The van der Waals surface area contributed by atoms with E-state index in [2.05, 4.69) is 15.5 Å². The molecule has 0 radical (unpaired) electrons. The lowest BCUT2D eigenvalue weighted by molar-refractivity contribution is -0.139. The Kier molecular flexibility index (Phi) is 2.75. The highest BCUT2D eigenvalue weighted by Crippen LogP contribution is 2.43. The van der Waals surface area contributed by atoms with Crippen molar-refractivity contribution >= 4 is 12.2 Å². The number of aldehydes is 1. The van der Waals surface area contributed by atoms with Gasteiger partial charge >= 0.3 is 0 Å². The summed E-state index contributed by atoms with van der Waals surface area (Å²) in [4.78, 5) is 25.2. The lowest BCUT2D eigenvalue weighted by Gasteiger charge is -2.37. The van der Waals surface area contributed by atoms with E-state index in [1.807, 2.05) is 14.0 Å². The van der Waals surface area contributed by atoms with Gasteiger partial charge in [0.25, 0.3) is 0 Å². The summed E-state index contributed by atoms with van der Waals surface area (Å²) in [6, 6.07) is 0. The van der Waals surface area contributed by atoms with Crippen LogP contribution in [0.15, 0.2) is 0 Å². The number of rotatable bonds is 4. The predicted octanol–water partition coefficient (Wildman–Crippen LogP) is -1.01. The fraction of sp³-hybridized carbons (Fsp3) is 0.818. The third-order valence-electron chi connectivity index (χ3n) is 3.92. The van der Waals surface area contributed by atoms with Gasteiger partial charge in [0.1, 0.15) is 6.29 Å². The van der Waals surface area contributed by atoms with Gasteiger partial charge in [0.05, 0.1) is 11.0 Å². The van der Waals surface area contributed by atoms with Crippen molar-refractivity contribution < 1.29 is 9.59 Å². The molecule has 5 nitrogen and oxygen atoms in total. The summed E-state index contributed by atoms with van der Waals surface area (Å²) in [5.41, 5.74) is -0.810. The Morgan fingerprint density at radius 2 is 2.38 bits per heavy atom. The highest BCUT2D eigenvalue weighted by molar-refractivity contribution is 5.90. The maximum absolute atomic E-state index is 11.6. The molecule has 0 aromatic carbocycles. The number of hydrogen-bond donors (Lipinski definition) is 2. The monoisotopic (exact) mass is 225 g/mol. The fourth-order valence-corrected chi connectivity index (χ4v) is 3.02. The van der Waals surface area contributed by atoms with Crippen LogP contribution in [-0.4, -0.2) is 55.9 Å². The zero-order valence-electron chi connectivity index (χ0n) is 9.88. The molecule has 90 valence electrons. The van der Waals surface area contributed by atoms with Crippen LogP contribution < -0.4 is 10.6 Å². The Balaban J connectivity index is 2.24. The van der Waals surface area contributed by atoms with Crippen LogP contribution in [0.5, 0.6) is 0 Å². The first kappa shape index (κ1) is 11.5. The van der Waals surface area contributed by atoms with Crippen molar-refractivity contribution in [1.82, 2.24) is 15.5 Å². The summed E-state index contributed by atoms with van der Waals surface area (Å²) >= 11 is 0. The van der Waals surface area contributed by atoms with Crippen molar-refractivity contribution in [1.29, 1.82) is 0 Å². The van der Waals surface area contributed by atoms with Crippen molar-refractivity contribution in [3.8, 4) is 0 Å². The molecule has 0 bridgehead atoms. The van der Waals surface area contributed by atoms with Crippen LogP contribution in [0, 0.1) is 5.41 Å². The molecule has 2 fully saturated rings. The lowest BCUT2D eigenvalue weighted by atomic mass is 9.75. The van der Waals surface area contributed by atoms with Gasteiger partial charge in [-0.15, -0.1) is 0 Å². The molecule has 2 atom stereocenters. The highest BCUT2D eigenvalue weighted by atomic mass is 16.2. The van der Waals surface area contributed by atoms with Crippen molar-refractivity contribution in [2.45, 2.75) is 18.9 Å². The molecule has 0 aromatic heterocycles. The number of carbonyl (C=O) groups excluding carboxylic acids is 2. The number of nitrogens with one attached hydrogen (secondary N) is 2. The number of β-lactam (4-membered cyclic amide) rings is 1. The van der Waals surface area contributed by atoms with E-state index >= 15 is 0 Å². The first-order valence-corrected chi connectivity index (χ1v) is 5.77. The zero-order chi connectivity index (χ0) is 11.8. The number of carbonyl (C=O) groups is 2. The minimum atomic E-state index is -0.499.